The second-order valence-electron chi connectivity index (χ2n) is 9.25. The van der Waals surface area contributed by atoms with Gasteiger partial charge in [-0.25, -0.2) is 9.78 Å². The monoisotopic (exact) mass is 480 g/mol. The molecular weight excluding hydrogens is 456 g/mol. The second-order valence-corrected chi connectivity index (χ2v) is 9.68. The van der Waals surface area contributed by atoms with Crippen LogP contribution in [0.25, 0.3) is 5.69 Å². The third-order valence-electron chi connectivity index (χ3n) is 6.90. The van der Waals surface area contributed by atoms with Crippen LogP contribution in [0.3, 0.4) is 0 Å². The lowest BCUT2D eigenvalue weighted by atomic mass is 9.73. The van der Waals surface area contributed by atoms with Gasteiger partial charge in [0, 0.05) is 49.0 Å². The van der Waals surface area contributed by atoms with Gasteiger partial charge in [-0.1, -0.05) is 11.6 Å². The van der Waals surface area contributed by atoms with Crippen molar-refractivity contribution in [3.63, 3.8) is 0 Å². The lowest BCUT2D eigenvalue weighted by molar-refractivity contribution is 0.0888. The topological polar surface area (TPSA) is 92.5 Å². The molecule has 10 nitrogen and oxygen atoms in total. The molecule has 2 fully saturated rings. The molecule has 0 aliphatic carbocycles. The predicted octanol–water partition coefficient (Wildman–Crippen LogP) is 3.07. The van der Waals surface area contributed by atoms with Crippen LogP contribution in [0.4, 0.5) is 16.6 Å². The number of ether oxygens (including phenoxy) is 1. The van der Waals surface area contributed by atoms with E-state index < -0.39 is 0 Å². The van der Waals surface area contributed by atoms with Crippen LogP contribution in [0.5, 0.6) is 0 Å². The molecule has 2 aromatic heterocycles. The third kappa shape index (κ3) is 3.27. The summed E-state index contributed by atoms with van der Waals surface area (Å²) < 4.78 is 7.39. The molecule has 0 N–H and O–H groups in total. The molecule has 5 heterocycles. The van der Waals surface area contributed by atoms with Crippen LogP contribution in [0.1, 0.15) is 31.3 Å². The normalized spacial score (nSPS) is 20.2. The van der Waals surface area contributed by atoms with Gasteiger partial charge >= 0.3 is 6.09 Å². The molecule has 3 aliphatic rings. The molecule has 11 heteroatoms. The molecular formula is C23H25ClN8O2. The highest BCUT2D eigenvalue weighted by Crippen LogP contribution is 2.44. The number of rotatable bonds is 3. The number of amides is 1. The lowest BCUT2D eigenvalue weighted by Gasteiger charge is -2.60. The zero-order chi connectivity index (χ0) is 23.4. The van der Waals surface area contributed by atoms with Crippen LogP contribution in [0, 0.1) is 5.41 Å². The molecule has 0 radical (unpaired) electrons. The van der Waals surface area contributed by atoms with Gasteiger partial charge in [-0.2, -0.15) is 0 Å². The Labute approximate surface area is 202 Å². The maximum Gasteiger partial charge on any atom is 0.410 e. The average molecular weight is 481 g/mol. The molecule has 0 bridgehead atoms. The minimum absolute atomic E-state index is 0.222. The molecule has 3 aliphatic heterocycles. The lowest BCUT2D eigenvalue weighted by Crippen LogP contribution is -2.73. The quantitative estimate of drug-likeness (QED) is 0.564. The Hall–Kier alpha value is -3.40. The highest BCUT2D eigenvalue weighted by Gasteiger charge is 2.53. The molecule has 34 heavy (non-hydrogen) atoms. The van der Waals surface area contributed by atoms with E-state index in [1.165, 1.54) is 0 Å². The van der Waals surface area contributed by atoms with Crippen molar-refractivity contribution in [2.24, 2.45) is 5.41 Å². The highest BCUT2D eigenvalue weighted by atomic mass is 35.5. The van der Waals surface area contributed by atoms with E-state index in [4.69, 9.17) is 16.3 Å². The standard InChI is InChI=1S/C23H25ClN8O2/c1-3-34-22(33)31-10-16-8-17(24)4-5-18(16)32-20(15(31)2)27-28-21(32)30-13-23(14-30)11-29(12-23)19-9-25-6-7-26-19/h4-9,15H,3,10-14H2,1-2H3. The van der Waals surface area contributed by atoms with Crippen molar-refractivity contribution in [1.29, 1.82) is 0 Å². The fourth-order valence-corrected chi connectivity index (χ4v) is 5.46. The molecule has 2 saturated heterocycles. The zero-order valence-electron chi connectivity index (χ0n) is 19.1. The van der Waals surface area contributed by atoms with Crippen LogP contribution in [-0.4, -0.2) is 68.5 Å². The highest BCUT2D eigenvalue weighted by molar-refractivity contribution is 6.30. The Bertz CT molecular complexity index is 1240. The predicted molar refractivity (Wildman–Crippen MR) is 126 cm³/mol. The minimum Gasteiger partial charge on any atom is -0.450 e. The van der Waals surface area contributed by atoms with Crippen LogP contribution in [0.2, 0.25) is 5.02 Å². The Morgan fingerprint density at radius 2 is 1.97 bits per heavy atom. The number of hydrogen-bond acceptors (Lipinski definition) is 8. The molecule has 176 valence electrons. The fraction of sp³-hybridized carbons (Fsp3) is 0.435. The Morgan fingerprint density at radius 1 is 1.18 bits per heavy atom. The number of anilines is 2. The van der Waals surface area contributed by atoms with Crippen molar-refractivity contribution >= 4 is 29.5 Å². The van der Waals surface area contributed by atoms with E-state index in [-0.39, 0.29) is 17.6 Å². The Morgan fingerprint density at radius 3 is 2.71 bits per heavy atom. The van der Waals surface area contributed by atoms with Gasteiger partial charge in [-0.15, -0.1) is 10.2 Å². The smallest absolute Gasteiger partial charge is 0.410 e. The van der Waals surface area contributed by atoms with Crippen molar-refractivity contribution in [2.45, 2.75) is 26.4 Å². The van der Waals surface area contributed by atoms with Gasteiger partial charge in [0.1, 0.15) is 5.82 Å². The van der Waals surface area contributed by atoms with E-state index in [0.29, 0.717) is 24.0 Å². The van der Waals surface area contributed by atoms with E-state index in [0.717, 1.165) is 49.2 Å². The molecule has 1 atom stereocenters. The number of carbonyl (C=O) groups excluding carboxylic acids is 1. The summed E-state index contributed by atoms with van der Waals surface area (Å²) >= 11 is 6.32. The first-order chi connectivity index (χ1) is 16.5. The van der Waals surface area contributed by atoms with Gasteiger partial charge in [0.05, 0.1) is 31.1 Å². The van der Waals surface area contributed by atoms with Gasteiger partial charge in [-0.3, -0.25) is 14.5 Å². The summed E-state index contributed by atoms with van der Waals surface area (Å²) in [4.78, 5) is 27.5. The number of fused-ring (bicyclic) bond motifs is 3. The molecule has 1 amide bonds. The van der Waals surface area contributed by atoms with E-state index in [1.54, 1.807) is 30.4 Å². The van der Waals surface area contributed by atoms with E-state index in [2.05, 4.69) is 34.5 Å². The molecule has 1 spiro atoms. The third-order valence-corrected chi connectivity index (χ3v) is 7.13. The van der Waals surface area contributed by atoms with Gasteiger partial charge < -0.3 is 14.5 Å². The molecule has 1 aromatic carbocycles. The Kier molecular flexibility index (Phi) is 4.87. The van der Waals surface area contributed by atoms with Crippen LogP contribution in [0.15, 0.2) is 36.8 Å². The van der Waals surface area contributed by atoms with E-state index >= 15 is 0 Å². The Balaban J connectivity index is 1.29. The fourth-order valence-electron chi connectivity index (χ4n) is 5.27. The minimum atomic E-state index is -0.375. The summed E-state index contributed by atoms with van der Waals surface area (Å²) in [6.07, 6.45) is 4.85. The first-order valence-corrected chi connectivity index (χ1v) is 11.8. The summed E-state index contributed by atoms with van der Waals surface area (Å²) in [6.45, 7) is 8.13. The number of halogens is 1. The van der Waals surface area contributed by atoms with Gasteiger partial charge in [-0.05, 0) is 37.6 Å². The summed E-state index contributed by atoms with van der Waals surface area (Å²) in [5.74, 6) is 2.42. The van der Waals surface area contributed by atoms with Crippen molar-refractivity contribution in [3.8, 4) is 5.69 Å². The SMILES string of the molecule is CCOC(=O)N1Cc2cc(Cl)ccc2-n2c(nnc2N2CC3(CN(c4cnccn4)C3)C2)C1C. The number of benzene rings is 1. The van der Waals surface area contributed by atoms with Crippen LogP contribution < -0.4 is 9.80 Å². The summed E-state index contributed by atoms with van der Waals surface area (Å²) in [5.41, 5.74) is 2.09. The number of hydrogen-bond donors (Lipinski definition) is 0. The number of aromatic nitrogens is 5. The van der Waals surface area contributed by atoms with Gasteiger partial charge in [0.2, 0.25) is 5.95 Å². The summed E-state index contributed by atoms with van der Waals surface area (Å²) in [6, 6.07) is 5.43. The summed E-state index contributed by atoms with van der Waals surface area (Å²) in [7, 11) is 0. The number of carbonyl (C=O) groups is 1. The van der Waals surface area contributed by atoms with E-state index in [1.807, 2.05) is 25.1 Å². The van der Waals surface area contributed by atoms with Crippen molar-refractivity contribution in [3.05, 3.63) is 53.2 Å². The number of nitrogens with zero attached hydrogens (tertiary/aromatic N) is 8. The zero-order valence-corrected chi connectivity index (χ0v) is 19.8. The first kappa shape index (κ1) is 21.2. The van der Waals surface area contributed by atoms with Gasteiger partial charge in [0.25, 0.3) is 0 Å². The van der Waals surface area contributed by atoms with Gasteiger partial charge in [0.15, 0.2) is 5.82 Å². The van der Waals surface area contributed by atoms with Crippen molar-refractivity contribution < 1.29 is 9.53 Å². The van der Waals surface area contributed by atoms with Crippen molar-refractivity contribution in [1.82, 2.24) is 29.6 Å². The molecule has 0 saturated carbocycles. The molecule has 3 aromatic rings. The molecule has 1 unspecified atom stereocenters. The first-order valence-electron chi connectivity index (χ1n) is 11.4. The summed E-state index contributed by atoms with van der Waals surface area (Å²) in [5, 5.41) is 9.71. The van der Waals surface area contributed by atoms with Crippen molar-refractivity contribution in [2.75, 3.05) is 42.6 Å². The maximum atomic E-state index is 12.7. The maximum absolute atomic E-state index is 12.7. The average Bonchev–Trinajstić information content (AvgIpc) is 3.16. The van der Waals surface area contributed by atoms with Crippen LogP contribution >= 0.6 is 11.6 Å². The second kappa shape index (κ2) is 7.83. The molecule has 6 rings (SSSR count). The largest absolute Gasteiger partial charge is 0.450 e. The van der Waals surface area contributed by atoms with Crippen LogP contribution in [-0.2, 0) is 11.3 Å². The van der Waals surface area contributed by atoms with E-state index in [9.17, 15) is 4.79 Å².